The Hall–Kier alpha value is -3.33. The van der Waals surface area contributed by atoms with E-state index in [-0.39, 0.29) is 17.1 Å². The maximum atomic E-state index is 12.2. The summed E-state index contributed by atoms with van der Waals surface area (Å²) < 4.78 is 15.3. The van der Waals surface area contributed by atoms with Crippen LogP contribution in [0.15, 0.2) is 42.5 Å². The standard InChI is InChI=1S/C18H17ClN2O7/c1-11(28-17(22)10-27-14-5-3-4-12(19)8-14)18(23)20-15-7-6-13(21(24)25)9-16(15)26-2/h3-9,11H,10H2,1-2H3,(H,20,23)/t11-/m1/s1. The smallest absolute Gasteiger partial charge is 0.344 e. The molecule has 2 rings (SSSR count). The summed E-state index contributed by atoms with van der Waals surface area (Å²) in [5.74, 6) is -0.899. The highest BCUT2D eigenvalue weighted by Crippen LogP contribution is 2.29. The van der Waals surface area contributed by atoms with Crippen LogP contribution in [-0.2, 0) is 14.3 Å². The number of nitrogens with one attached hydrogen (secondary N) is 1. The summed E-state index contributed by atoms with van der Waals surface area (Å²) in [6.07, 6.45) is -1.13. The Kier molecular flexibility index (Phi) is 7.16. The van der Waals surface area contributed by atoms with Gasteiger partial charge in [-0.15, -0.1) is 0 Å². The third-order valence-electron chi connectivity index (χ3n) is 3.48. The van der Waals surface area contributed by atoms with Crippen LogP contribution in [0.1, 0.15) is 6.92 Å². The molecule has 0 unspecified atom stereocenters. The summed E-state index contributed by atoms with van der Waals surface area (Å²) in [4.78, 5) is 34.3. The van der Waals surface area contributed by atoms with Gasteiger partial charge < -0.3 is 19.5 Å². The molecule has 0 heterocycles. The van der Waals surface area contributed by atoms with E-state index in [1.54, 1.807) is 18.2 Å². The molecule has 0 fully saturated rings. The average molecular weight is 409 g/mol. The second-order valence-corrected chi connectivity index (χ2v) is 5.95. The minimum Gasteiger partial charge on any atom is -0.494 e. The maximum Gasteiger partial charge on any atom is 0.344 e. The van der Waals surface area contributed by atoms with Crippen LogP contribution in [0, 0.1) is 10.1 Å². The molecule has 28 heavy (non-hydrogen) atoms. The summed E-state index contributed by atoms with van der Waals surface area (Å²) in [6, 6.07) is 10.2. The minimum absolute atomic E-state index is 0.102. The van der Waals surface area contributed by atoms with Gasteiger partial charge in [-0.25, -0.2) is 4.79 Å². The molecule has 0 saturated carbocycles. The molecule has 0 spiro atoms. The zero-order valence-corrected chi connectivity index (χ0v) is 15.8. The molecule has 2 aromatic rings. The van der Waals surface area contributed by atoms with Crippen molar-refractivity contribution in [3.63, 3.8) is 0 Å². The fourth-order valence-electron chi connectivity index (χ4n) is 2.11. The Balaban J connectivity index is 1.91. The maximum absolute atomic E-state index is 12.2. The monoisotopic (exact) mass is 408 g/mol. The molecule has 1 atom stereocenters. The topological polar surface area (TPSA) is 117 Å². The van der Waals surface area contributed by atoms with Gasteiger partial charge in [-0.2, -0.15) is 0 Å². The lowest BCUT2D eigenvalue weighted by atomic mass is 10.2. The van der Waals surface area contributed by atoms with E-state index < -0.39 is 29.5 Å². The van der Waals surface area contributed by atoms with Crippen molar-refractivity contribution in [2.75, 3.05) is 19.0 Å². The van der Waals surface area contributed by atoms with Crippen molar-refractivity contribution in [1.82, 2.24) is 0 Å². The van der Waals surface area contributed by atoms with Crippen molar-refractivity contribution < 1.29 is 28.7 Å². The van der Waals surface area contributed by atoms with Crippen LogP contribution in [0.3, 0.4) is 0 Å². The number of hydrogen-bond acceptors (Lipinski definition) is 7. The van der Waals surface area contributed by atoms with Crippen molar-refractivity contribution in [2.45, 2.75) is 13.0 Å². The molecule has 0 radical (unpaired) electrons. The fraction of sp³-hybridized carbons (Fsp3) is 0.222. The molecule has 1 N–H and O–H groups in total. The number of amides is 1. The molecule has 0 bridgehead atoms. The Morgan fingerprint density at radius 3 is 2.64 bits per heavy atom. The van der Waals surface area contributed by atoms with Crippen molar-refractivity contribution in [3.8, 4) is 11.5 Å². The first-order valence-electron chi connectivity index (χ1n) is 8.01. The van der Waals surface area contributed by atoms with Crippen LogP contribution in [0.2, 0.25) is 5.02 Å². The van der Waals surface area contributed by atoms with Gasteiger partial charge >= 0.3 is 5.97 Å². The van der Waals surface area contributed by atoms with Crippen LogP contribution >= 0.6 is 11.6 Å². The van der Waals surface area contributed by atoms with Crippen molar-refractivity contribution >= 4 is 34.9 Å². The number of hydrogen-bond donors (Lipinski definition) is 1. The summed E-state index contributed by atoms with van der Waals surface area (Å²) in [6.45, 7) is 0.975. The molecule has 0 aliphatic heterocycles. The van der Waals surface area contributed by atoms with Gasteiger partial charge in [0.2, 0.25) is 0 Å². The van der Waals surface area contributed by atoms with E-state index in [4.69, 9.17) is 25.8 Å². The zero-order chi connectivity index (χ0) is 20.7. The van der Waals surface area contributed by atoms with E-state index in [1.807, 2.05) is 0 Å². The molecule has 10 heteroatoms. The highest BCUT2D eigenvalue weighted by Gasteiger charge is 2.20. The molecule has 0 saturated heterocycles. The molecular weight excluding hydrogens is 392 g/mol. The fourth-order valence-corrected chi connectivity index (χ4v) is 2.30. The summed E-state index contributed by atoms with van der Waals surface area (Å²) in [5, 5.41) is 13.7. The number of halogens is 1. The number of esters is 1. The van der Waals surface area contributed by atoms with E-state index in [2.05, 4.69) is 5.32 Å². The van der Waals surface area contributed by atoms with Crippen LogP contribution in [-0.4, -0.2) is 36.6 Å². The lowest BCUT2D eigenvalue weighted by Gasteiger charge is -2.15. The molecule has 0 aliphatic carbocycles. The molecule has 9 nitrogen and oxygen atoms in total. The van der Waals surface area contributed by atoms with E-state index in [0.29, 0.717) is 10.8 Å². The van der Waals surface area contributed by atoms with Gasteiger partial charge in [-0.1, -0.05) is 17.7 Å². The number of carbonyl (C=O) groups excluding carboxylic acids is 2. The number of nitro benzene ring substituents is 1. The number of nitrogens with zero attached hydrogens (tertiary/aromatic N) is 1. The van der Waals surface area contributed by atoms with E-state index in [1.165, 1.54) is 38.3 Å². The Morgan fingerprint density at radius 1 is 1.25 bits per heavy atom. The lowest BCUT2D eigenvalue weighted by molar-refractivity contribution is -0.384. The average Bonchev–Trinajstić information content (AvgIpc) is 2.66. The van der Waals surface area contributed by atoms with E-state index in [0.717, 1.165) is 0 Å². The third-order valence-corrected chi connectivity index (χ3v) is 3.72. The summed E-state index contributed by atoms with van der Waals surface area (Å²) >= 11 is 5.82. The number of ether oxygens (including phenoxy) is 3. The highest BCUT2D eigenvalue weighted by molar-refractivity contribution is 6.30. The van der Waals surface area contributed by atoms with Crippen molar-refractivity contribution in [2.24, 2.45) is 0 Å². The van der Waals surface area contributed by atoms with Crippen LogP contribution in [0.4, 0.5) is 11.4 Å². The number of anilines is 1. The highest BCUT2D eigenvalue weighted by atomic mass is 35.5. The Labute approximate surface area is 165 Å². The second kappa shape index (κ2) is 9.56. The van der Waals surface area contributed by atoms with E-state index >= 15 is 0 Å². The number of non-ortho nitro benzene ring substituents is 1. The third kappa shape index (κ3) is 5.85. The molecule has 0 aromatic heterocycles. The van der Waals surface area contributed by atoms with Gasteiger partial charge in [0.25, 0.3) is 11.6 Å². The van der Waals surface area contributed by atoms with Crippen LogP contribution < -0.4 is 14.8 Å². The number of carbonyl (C=O) groups is 2. The molecular formula is C18H17ClN2O7. The largest absolute Gasteiger partial charge is 0.494 e. The summed E-state index contributed by atoms with van der Waals surface area (Å²) in [7, 11) is 1.31. The molecule has 2 aromatic carbocycles. The van der Waals surface area contributed by atoms with Crippen molar-refractivity contribution in [1.29, 1.82) is 0 Å². The first-order chi connectivity index (χ1) is 13.3. The van der Waals surface area contributed by atoms with Gasteiger partial charge in [0, 0.05) is 11.1 Å². The predicted molar refractivity (Wildman–Crippen MR) is 101 cm³/mol. The lowest BCUT2D eigenvalue weighted by Crippen LogP contribution is -2.31. The molecule has 0 aliphatic rings. The van der Waals surface area contributed by atoms with Crippen molar-refractivity contribution in [3.05, 3.63) is 57.6 Å². The van der Waals surface area contributed by atoms with Crippen LogP contribution in [0.5, 0.6) is 11.5 Å². The van der Waals surface area contributed by atoms with Crippen LogP contribution in [0.25, 0.3) is 0 Å². The van der Waals surface area contributed by atoms with Gasteiger partial charge in [0.1, 0.15) is 11.5 Å². The minimum atomic E-state index is -1.13. The van der Waals surface area contributed by atoms with Gasteiger partial charge in [0.05, 0.1) is 23.8 Å². The Morgan fingerprint density at radius 2 is 2.00 bits per heavy atom. The number of methoxy groups -OCH3 is 1. The number of nitro groups is 1. The second-order valence-electron chi connectivity index (χ2n) is 5.51. The first-order valence-corrected chi connectivity index (χ1v) is 8.39. The SMILES string of the molecule is COc1cc([N+](=O)[O-])ccc1NC(=O)[C@@H](C)OC(=O)COc1cccc(Cl)c1. The van der Waals surface area contributed by atoms with Gasteiger partial charge in [-0.3, -0.25) is 14.9 Å². The first kappa shape index (κ1) is 21.0. The Bertz CT molecular complexity index is 888. The van der Waals surface area contributed by atoms with Gasteiger partial charge in [-0.05, 0) is 31.2 Å². The molecule has 1 amide bonds. The van der Waals surface area contributed by atoms with Gasteiger partial charge in [0.15, 0.2) is 12.7 Å². The molecule has 148 valence electrons. The number of benzene rings is 2. The predicted octanol–water partition coefficient (Wildman–Crippen LogP) is 3.21. The zero-order valence-electron chi connectivity index (χ0n) is 15.0. The number of rotatable bonds is 8. The quantitative estimate of drug-likeness (QED) is 0.405. The van der Waals surface area contributed by atoms with E-state index in [9.17, 15) is 19.7 Å². The summed E-state index contributed by atoms with van der Waals surface area (Å²) in [5.41, 5.74) is 0.0173. The normalized spacial score (nSPS) is 11.2.